The maximum absolute atomic E-state index is 12.4. The second-order valence-electron chi connectivity index (χ2n) is 5.71. The van der Waals surface area contributed by atoms with Crippen molar-refractivity contribution < 1.29 is 19.5 Å². The predicted molar refractivity (Wildman–Crippen MR) is 65.2 cm³/mol. The lowest BCUT2D eigenvalue weighted by Crippen LogP contribution is -2.44. The van der Waals surface area contributed by atoms with E-state index in [1.54, 1.807) is 4.90 Å². The van der Waals surface area contributed by atoms with Crippen LogP contribution in [-0.2, 0) is 14.4 Å². The van der Waals surface area contributed by atoms with Crippen molar-refractivity contribution in [1.82, 2.24) is 9.80 Å². The van der Waals surface area contributed by atoms with Gasteiger partial charge in [0.1, 0.15) is 6.04 Å². The molecule has 0 spiro atoms. The normalized spacial score (nSPS) is 31.1. The maximum Gasteiger partial charge on any atom is 0.326 e. The van der Waals surface area contributed by atoms with Gasteiger partial charge >= 0.3 is 5.97 Å². The summed E-state index contributed by atoms with van der Waals surface area (Å²) in [7, 11) is 0. The summed E-state index contributed by atoms with van der Waals surface area (Å²) in [6.45, 7) is 0.981. The average molecular weight is 266 g/mol. The van der Waals surface area contributed by atoms with Gasteiger partial charge in [0, 0.05) is 25.6 Å². The largest absolute Gasteiger partial charge is 0.480 e. The van der Waals surface area contributed by atoms with Crippen LogP contribution in [0.15, 0.2) is 0 Å². The third-order valence-electron chi connectivity index (χ3n) is 4.32. The van der Waals surface area contributed by atoms with E-state index < -0.39 is 12.0 Å². The Balaban J connectivity index is 1.67. The van der Waals surface area contributed by atoms with Gasteiger partial charge in [0.15, 0.2) is 0 Å². The lowest BCUT2D eigenvalue weighted by atomic mass is 10.1. The highest BCUT2D eigenvalue weighted by Gasteiger charge is 2.45. The number of likely N-dealkylation sites (tertiary alicyclic amines) is 2. The quantitative estimate of drug-likeness (QED) is 0.784. The molecule has 2 heterocycles. The number of carbonyl (C=O) groups is 3. The molecule has 2 atom stereocenters. The summed E-state index contributed by atoms with van der Waals surface area (Å²) >= 11 is 0. The smallest absolute Gasteiger partial charge is 0.326 e. The van der Waals surface area contributed by atoms with E-state index in [4.69, 9.17) is 5.11 Å². The van der Waals surface area contributed by atoms with Crippen LogP contribution in [0, 0.1) is 5.92 Å². The molecule has 19 heavy (non-hydrogen) atoms. The second kappa shape index (κ2) is 4.51. The number of carboxylic acid groups (broad SMARTS) is 1. The van der Waals surface area contributed by atoms with Crippen LogP contribution < -0.4 is 0 Å². The van der Waals surface area contributed by atoms with E-state index in [1.165, 1.54) is 4.90 Å². The number of carbonyl (C=O) groups excluding carboxylic acids is 2. The van der Waals surface area contributed by atoms with E-state index in [9.17, 15) is 14.4 Å². The minimum Gasteiger partial charge on any atom is -0.480 e. The van der Waals surface area contributed by atoms with Gasteiger partial charge in [0.2, 0.25) is 11.8 Å². The van der Waals surface area contributed by atoms with Gasteiger partial charge in [-0.15, -0.1) is 0 Å². The van der Waals surface area contributed by atoms with Gasteiger partial charge < -0.3 is 14.9 Å². The molecule has 104 valence electrons. The van der Waals surface area contributed by atoms with Crippen molar-refractivity contribution in [3.8, 4) is 0 Å². The molecule has 3 rings (SSSR count). The van der Waals surface area contributed by atoms with Crippen molar-refractivity contribution in [2.24, 2.45) is 5.92 Å². The Kier molecular flexibility index (Phi) is 2.95. The zero-order valence-corrected chi connectivity index (χ0v) is 10.7. The number of amides is 2. The van der Waals surface area contributed by atoms with Gasteiger partial charge in [-0.25, -0.2) is 4.79 Å². The molecule has 0 aromatic carbocycles. The van der Waals surface area contributed by atoms with Gasteiger partial charge in [-0.2, -0.15) is 0 Å². The topological polar surface area (TPSA) is 77.9 Å². The van der Waals surface area contributed by atoms with Gasteiger partial charge in [-0.3, -0.25) is 9.59 Å². The fourth-order valence-corrected chi connectivity index (χ4v) is 3.16. The Morgan fingerprint density at radius 3 is 2.58 bits per heavy atom. The first-order chi connectivity index (χ1) is 9.08. The van der Waals surface area contributed by atoms with E-state index in [0.717, 1.165) is 19.3 Å². The number of hydrogen-bond donors (Lipinski definition) is 1. The molecular formula is C13H18N2O4. The molecule has 0 aromatic rings. The van der Waals surface area contributed by atoms with Crippen LogP contribution in [-0.4, -0.2) is 57.9 Å². The molecule has 3 fully saturated rings. The van der Waals surface area contributed by atoms with Crippen molar-refractivity contribution in [1.29, 1.82) is 0 Å². The first-order valence-electron chi connectivity index (χ1n) is 6.90. The molecular weight excluding hydrogens is 248 g/mol. The zero-order valence-electron chi connectivity index (χ0n) is 10.7. The Bertz CT molecular complexity index is 432. The lowest BCUT2D eigenvalue weighted by molar-refractivity contribution is -0.149. The molecule has 0 aromatic heterocycles. The predicted octanol–water partition coefficient (Wildman–Crippen LogP) is 0.0729. The molecule has 6 heteroatoms. The van der Waals surface area contributed by atoms with Crippen LogP contribution in [0.4, 0.5) is 0 Å². The van der Waals surface area contributed by atoms with Crippen LogP contribution in [0.3, 0.4) is 0 Å². The van der Waals surface area contributed by atoms with Crippen LogP contribution in [0.2, 0.25) is 0 Å². The number of aliphatic carboxylic acids is 1. The summed E-state index contributed by atoms with van der Waals surface area (Å²) in [5.41, 5.74) is 0. The van der Waals surface area contributed by atoms with Gasteiger partial charge in [-0.1, -0.05) is 0 Å². The van der Waals surface area contributed by atoms with Crippen molar-refractivity contribution >= 4 is 17.8 Å². The summed E-state index contributed by atoms with van der Waals surface area (Å²) in [5.74, 6) is -1.38. The van der Waals surface area contributed by atoms with E-state index in [0.29, 0.717) is 25.6 Å². The van der Waals surface area contributed by atoms with E-state index in [2.05, 4.69) is 0 Å². The molecule has 1 unspecified atom stereocenters. The summed E-state index contributed by atoms with van der Waals surface area (Å²) in [6.07, 6.45) is 3.57. The highest BCUT2D eigenvalue weighted by molar-refractivity contribution is 5.91. The van der Waals surface area contributed by atoms with E-state index in [1.807, 2.05) is 0 Å². The van der Waals surface area contributed by atoms with Gasteiger partial charge in [0.25, 0.3) is 0 Å². The highest BCUT2D eigenvalue weighted by atomic mass is 16.4. The molecule has 1 N–H and O–H groups in total. The van der Waals surface area contributed by atoms with Crippen molar-refractivity contribution in [2.75, 3.05) is 13.1 Å². The number of hydrogen-bond acceptors (Lipinski definition) is 3. The second-order valence-corrected chi connectivity index (χ2v) is 5.71. The molecule has 6 nitrogen and oxygen atoms in total. The van der Waals surface area contributed by atoms with Crippen molar-refractivity contribution in [3.05, 3.63) is 0 Å². The van der Waals surface area contributed by atoms with Crippen molar-refractivity contribution in [2.45, 2.75) is 44.2 Å². The minimum atomic E-state index is -0.936. The molecule has 2 amide bonds. The molecule has 0 bridgehead atoms. The third-order valence-corrected chi connectivity index (χ3v) is 4.32. The van der Waals surface area contributed by atoms with Crippen LogP contribution in [0.1, 0.15) is 32.1 Å². The molecule has 1 aliphatic carbocycles. The summed E-state index contributed by atoms with van der Waals surface area (Å²) in [4.78, 5) is 38.6. The monoisotopic (exact) mass is 266 g/mol. The summed E-state index contributed by atoms with van der Waals surface area (Å²) in [6, 6.07) is -0.364. The molecule has 2 saturated heterocycles. The number of carboxylic acids is 1. The Labute approximate surface area is 111 Å². The van der Waals surface area contributed by atoms with Crippen LogP contribution in [0.25, 0.3) is 0 Å². The molecule has 0 radical (unpaired) electrons. The Hall–Kier alpha value is -1.59. The summed E-state index contributed by atoms with van der Waals surface area (Å²) < 4.78 is 0. The molecule has 2 aliphatic heterocycles. The van der Waals surface area contributed by atoms with E-state index in [-0.39, 0.29) is 24.2 Å². The standard InChI is InChI=1S/C13H18N2O4/c16-11-6-8(7-15(11)9-3-4-9)12(17)14-5-1-2-10(14)13(18)19/h8-10H,1-7H2,(H,18,19)/t8?,10-/m1/s1. The zero-order chi connectivity index (χ0) is 13.6. The number of nitrogens with zero attached hydrogens (tertiary/aromatic N) is 2. The van der Waals surface area contributed by atoms with Gasteiger partial charge in [-0.05, 0) is 25.7 Å². The molecule has 1 saturated carbocycles. The highest BCUT2D eigenvalue weighted by Crippen LogP contribution is 2.34. The van der Waals surface area contributed by atoms with Gasteiger partial charge in [0.05, 0.1) is 5.92 Å². The minimum absolute atomic E-state index is 0.0481. The fourth-order valence-electron chi connectivity index (χ4n) is 3.16. The Morgan fingerprint density at radius 2 is 1.95 bits per heavy atom. The molecule has 3 aliphatic rings. The fraction of sp³-hybridized carbons (Fsp3) is 0.769. The first-order valence-corrected chi connectivity index (χ1v) is 6.90. The first kappa shape index (κ1) is 12.4. The van der Waals surface area contributed by atoms with Crippen LogP contribution in [0.5, 0.6) is 0 Å². The lowest BCUT2D eigenvalue weighted by Gasteiger charge is -2.24. The van der Waals surface area contributed by atoms with E-state index >= 15 is 0 Å². The Morgan fingerprint density at radius 1 is 1.21 bits per heavy atom. The average Bonchev–Trinajstić information content (AvgIpc) is 2.95. The SMILES string of the molecule is O=C(O)[C@H]1CCCN1C(=O)C1CC(=O)N(C2CC2)C1. The summed E-state index contributed by atoms with van der Waals surface area (Å²) in [5, 5.41) is 9.11. The maximum atomic E-state index is 12.4. The number of rotatable bonds is 3. The van der Waals surface area contributed by atoms with Crippen molar-refractivity contribution in [3.63, 3.8) is 0 Å². The third kappa shape index (κ3) is 2.19. The van der Waals surface area contributed by atoms with Crippen LogP contribution >= 0.6 is 0 Å².